The molecule has 0 unspecified atom stereocenters. The minimum atomic E-state index is -2.16. The van der Waals surface area contributed by atoms with Crippen LogP contribution in [0.2, 0.25) is 0 Å². The first-order valence-corrected chi connectivity index (χ1v) is 10.3. The van der Waals surface area contributed by atoms with Crippen LogP contribution < -0.4 is 0 Å². The second kappa shape index (κ2) is 8.58. The molecule has 0 aromatic carbocycles. The van der Waals surface area contributed by atoms with Crippen LogP contribution in [0.25, 0.3) is 0 Å². The van der Waals surface area contributed by atoms with Gasteiger partial charge in [-0.05, 0) is 34.6 Å². The van der Waals surface area contributed by atoms with E-state index in [4.69, 9.17) is 4.74 Å². The van der Waals surface area contributed by atoms with Crippen LogP contribution >= 0.6 is 17.7 Å². The summed E-state index contributed by atoms with van der Waals surface area (Å²) in [6.45, 7) is 14.2. The van der Waals surface area contributed by atoms with Gasteiger partial charge in [0.1, 0.15) is 6.35 Å². The molecule has 5 heteroatoms. The van der Waals surface area contributed by atoms with Gasteiger partial charge < -0.3 is 9.30 Å². The van der Waals surface area contributed by atoms with E-state index in [-0.39, 0.29) is 0 Å². The van der Waals surface area contributed by atoms with Crippen LogP contribution in [0.5, 0.6) is 0 Å². The Bertz CT molecular complexity index is 239. The van der Waals surface area contributed by atoms with Gasteiger partial charge in [0, 0.05) is 37.7 Å². The maximum absolute atomic E-state index is 12.1. The number of rotatable bonds is 9. The van der Waals surface area contributed by atoms with Crippen molar-refractivity contribution in [1.29, 1.82) is 0 Å². The van der Waals surface area contributed by atoms with E-state index in [0.29, 0.717) is 25.0 Å². The van der Waals surface area contributed by atoms with Crippen LogP contribution in [-0.2, 0) is 9.30 Å². The summed E-state index contributed by atoms with van der Waals surface area (Å²) in [5.41, 5.74) is 0. The van der Waals surface area contributed by atoms with Crippen molar-refractivity contribution in [2.45, 2.75) is 46.7 Å². The molecule has 0 aromatic heterocycles. The molecule has 0 saturated heterocycles. The van der Waals surface area contributed by atoms with Gasteiger partial charge in [0.05, 0.1) is 0 Å². The van der Waals surface area contributed by atoms with Gasteiger partial charge >= 0.3 is 0 Å². The quantitative estimate of drug-likeness (QED) is 0.602. The smallest absolute Gasteiger partial charge is 0.160 e. The molecule has 0 aliphatic heterocycles. The zero-order valence-corrected chi connectivity index (χ0v) is 13.8. The minimum absolute atomic E-state index is 0.400. The summed E-state index contributed by atoms with van der Waals surface area (Å²) >= 11 is 1.57. The lowest BCUT2D eigenvalue weighted by molar-refractivity contribution is 0.187. The molecule has 0 rings (SSSR count). The van der Waals surface area contributed by atoms with Gasteiger partial charge in [-0.15, -0.1) is 0 Å². The van der Waals surface area contributed by atoms with Gasteiger partial charge in [-0.2, -0.15) is 0 Å². The number of hydrogen-bond acceptors (Lipinski definition) is 4. The molecule has 104 valence electrons. The summed E-state index contributed by atoms with van der Waals surface area (Å²) in [5, 5.41) is 0. The summed E-state index contributed by atoms with van der Waals surface area (Å²) in [5.74, 6) is 0.914. The van der Waals surface area contributed by atoms with Crippen molar-refractivity contribution in [3.8, 4) is 0 Å². The third kappa shape index (κ3) is 8.25. The Morgan fingerprint density at radius 2 is 1.76 bits per heavy atom. The SMILES string of the molecule is CCOC[P@@](C)(=O)SCCN(C(C)C)C(C)C. The van der Waals surface area contributed by atoms with Crippen LogP contribution in [0.3, 0.4) is 0 Å². The molecule has 0 bridgehead atoms. The highest BCUT2D eigenvalue weighted by molar-refractivity contribution is 8.57. The molecule has 0 aromatic rings. The molecule has 3 nitrogen and oxygen atoms in total. The zero-order valence-electron chi connectivity index (χ0n) is 12.1. The molecular weight excluding hydrogens is 253 g/mol. The van der Waals surface area contributed by atoms with Crippen LogP contribution in [0.15, 0.2) is 0 Å². The van der Waals surface area contributed by atoms with Crippen molar-refractivity contribution in [1.82, 2.24) is 4.90 Å². The molecule has 0 radical (unpaired) electrons. The fourth-order valence-corrected chi connectivity index (χ4v) is 4.86. The van der Waals surface area contributed by atoms with E-state index in [1.807, 2.05) is 13.6 Å². The third-order valence-corrected chi connectivity index (χ3v) is 6.64. The van der Waals surface area contributed by atoms with Gasteiger partial charge in [0.15, 0.2) is 6.34 Å². The van der Waals surface area contributed by atoms with E-state index in [1.165, 1.54) is 0 Å². The average molecular weight is 281 g/mol. The number of nitrogens with zero attached hydrogens (tertiary/aromatic N) is 1. The number of ether oxygens (including phenoxy) is 1. The molecule has 0 spiro atoms. The van der Waals surface area contributed by atoms with Crippen molar-refractivity contribution in [2.75, 3.05) is 31.9 Å². The maximum Gasteiger partial charge on any atom is 0.160 e. The Morgan fingerprint density at radius 3 is 2.18 bits per heavy atom. The van der Waals surface area contributed by atoms with Crippen LogP contribution in [0, 0.1) is 0 Å². The summed E-state index contributed by atoms with van der Waals surface area (Å²) in [6, 6.07) is 1.08. The van der Waals surface area contributed by atoms with Crippen molar-refractivity contribution in [3.63, 3.8) is 0 Å². The Hall–Kier alpha value is 0.500. The molecule has 17 heavy (non-hydrogen) atoms. The first-order valence-electron chi connectivity index (χ1n) is 6.34. The standard InChI is InChI=1S/C12H28NO2PS/c1-7-15-10-16(6,14)17-9-8-13(11(2)3)12(4)5/h11-12H,7-10H2,1-6H3/t16-/m0/s1. The number of hydrogen-bond donors (Lipinski definition) is 0. The lowest BCUT2D eigenvalue weighted by atomic mass is 10.2. The van der Waals surface area contributed by atoms with Crippen LogP contribution in [-0.4, -0.2) is 48.9 Å². The highest BCUT2D eigenvalue weighted by Crippen LogP contribution is 2.54. The minimum Gasteiger partial charge on any atom is -0.373 e. The largest absolute Gasteiger partial charge is 0.373 e. The monoisotopic (exact) mass is 281 g/mol. The topological polar surface area (TPSA) is 29.5 Å². The van der Waals surface area contributed by atoms with Gasteiger partial charge in [0.2, 0.25) is 0 Å². The predicted molar refractivity (Wildman–Crippen MR) is 79.5 cm³/mol. The molecule has 0 amide bonds. The van der Waals surface area contributed by atoms with Crippen molar-refractivity contribution in [3.05, 3.63) is 0 Å². The van der Waals surface area contributed by atoms with Crippen molar-refractivity contribution in [2.24, 2.45) is 0 Å². The third-order valence-electron chi connectivity index (χ3n) is 2.57. The van der Waals surface area contributed by atoms with Gasteiger partial charge in [-0.1, -0.05) is 11.4 Å². The first-order chi connectivity index (χ1) is 7.80. The summed E-state index contributed by atoms with van der Waals surface area (Å²) in [6.07, 6.45) is -1.76. The molecule has 0 saturated carbocycles. The Kier molecular flexibility index (Phi) is 8.83. The van der Waals surface area contributed by atoms with Crippen LogP contribution in [0.4, 0.5) is 0 Å². The highest BCUT2D eigenvalue weighted by Gasteiger charge is 2.18. The lowest BCUT2D eigenvalue weighted by Crippen LogP contribution is -2.38. The Labute approximate surface area is 111 Å². The normalized spacial score (nSPS) is 15.8. The summed E-state index contributed by atoms with van der Waals surface area (Å²) < 4.78 is 17.4. The Balaban J connectivity index is 3.99. The van der Waals surface area contributed by atoms with E-state index in [9.17, 15) is 4.57 Å². The second-order valence-corrected chi connectivity index (χ2v) is 10.9. The van der Waals surface area contributed by atoms with E-state index < -0.39 is 6.34 Å². The predicted octanol–water partition coefficient (Wildman–Crippen LogP) is 3.74. The van der Waals surface area contributed by atoms with Gasteiger partial charge in [-0.25, -0.2) is 0 Å². The van der Waals surface area contributed by atoms with Gasteiger partial charge in [0.25, 0.3) is 0 Å². The summed E-state index contributed by atoms with van der Waals surface area (Å²) in [7, 11) is 0. The molecule has 0 aliphatic rings. The average Bonchev–Trinajstić information content (AvgIpc) is 2.20. The molecule has 0 fully saturated rings. The fraction of sp³-hybridized carbons (Fsp3) is 1.00. The maximum atomic E-state index is 12.1. The highest BCUT2D eigenvalue weighted by atomic mass is 32.7. The molecule has 1 atom stereocenters. The molecule has 0 N–H and O–H groups in total. The molecule has 0 heterocycles. The first kappa shape index (κ1) is 17.5. The van der Waals surface area contributed by atoms with Gasteiger partial charge in [-0.3, -0.25) is 4.90 Å². The van der Waals surface area contributed by atoms with Crippen molar-refractivity contribution < 1.29 is 9.30 Å². The van der Waals surface area contributed by atoms with E-state index in [0.717, 1.165) is 12.3 Å². The summed E-state index contributed by atoms with van der Waals surface area (Å²) in [4.78, 5) is 2.42. The fourth-order valence-electron chi connectivity index (χ4n) is 1.75. The second-order valence-electron chi connectivity index (χ2n) is 4.89. The zero-order chi connectivity index (χ0) is 13.5. The lowest BCUT2D eigenvalue weighted by Gasteiger charge is -2.30. The van der Waals surface area contributed by atoms with Crippen molar-refractivity contribution >= 4 is 17.7 Å². The van der Waals surface area contributed by atoms with Crippen LogP contribution in [0.1, 0.15) is 34.6 Å². The van der Waals surface area contributed by atoms with E-state index in [2.05, 4.69) is 32.6 Å². The van der Waals surface area contributed by atoms with E-state index in [1.54, 1.807) is 11.4 Å². The Morgan fingerprint density at radius 1 is 1.24 bits per heavy atom. The molecular formula is C12H28NO2PS. The molecule has 0 aliphatic carbocycles. The van der Waals surface area contributed by atoms with E-state index >= 15 is 0 Å².